The Bertz CT molecular complexity index is 500. The van der Waals surface area contributed by atoms with Gasteiger partial charge in [0.2, 0.25) is 0 Å². The topological polar surface area (TPSA) is 345 Å². The van der Waals surface area contributed by atoms with E-state index in [9.17, 15) is 39.6 Å². The molecular weight excluding hydrogens is 479 g/mol. The second kappa shape index (κ2) is 19.8. The van der Waals surface area contributed by atoms with Crippen molar-refractivity contribution in [2.24, 2.45) is 0 Å². The molecule has 0 fully saturated rings. The summed E-state index contributed by atoms with van der Waals surface area (Å²) in [5.74, 6) is -7.96. The molecule has 0 aliphatic rings. The van der Waals surface area contributed by atoms with Crippen molar-refractivity contribution in [3.8, 4) is 0 Å². The Morgan fingerprint density at radius 1 is 0.800 bits per heavy atom. The van der Waals surface area contributed by atoms with Crippen LogP contribution >= 0.6 is 0 Å². The SMILES string of the molecule is O.O.O=C([O-])C(O)C(O)C(O)C(O)CO.O=C([O-])CC(O)(CC(=O)[O-])C(=O)[O-].[Mg+2].[Mn+2]. The predicted octanol–water partition coefficient (Wildman–Crippen LogP) is -12.1. The zero-order valence-electron chi connectivity index (χ0n) is 15.0. The van der Waals surface area contributed by atoms with Crippen molar-refractivity contribution in [1.82, 2.24) is 0 Å². The van der Waals surface area contributed by atoms with Gasteiger partial charge in [0.15, 0.2) is 0 Å². The van der Waals surface area contributed by atoms with E-state index in [2.05, 4.69) is 0 Å². The fraction of sp³-hybridized carbons (Fsp3) is 0.667. The van der Waals surface area contributed by atoms with Gasteiger partial charge in [-0.2, -0.15) is 0 Å². The van der Waals surface area contributed by atoms with Crippen molar-refractivity contribution in [3.63, 3.8) is 0 Å². The molecule has 10 N–H and O–H groups in total. The third-order valence-corrected chi connectivity index (χ3v) is 2.75. The molecule has 0 aromatic carbocycles. The van der Waals surface area contributed by atoms with Gasteiger partial charge in [0.1, 0.15) is 30.0 Å². The minimum atomic E-state index is -2.97. The van der Waals surface area contributed by atoms with Crippen LogP contribution in [0.3, 0.4) is 0 Å². The number of aliphatic hydroxyl groups is 6. The van der Waals surface area contributed by atoms with Gasteiger partial charge in [-0.3, -0.25) is 0 Å². The molecule has 18 heteroatoms. The van der Waals surface area contributed by atoms with Gasteiger partial charge in [-0.05, 0) is 0 Å². The van der Waals surface area contributed by atoms with Gasteiger partial charge < -0.3 is 81.2 Å². The first-order valence-corrected chi connectivity index (χ1v) is 6.57. The number of hydrogen-bond donors (Lipinski definition) is 6. The summed E-state index contributed by atoms with van der Waals surface area (Å²) >= 11 is 0. The Hall–Kier alpha value is -1.15. The molecular formula is C12H20MgMnO16. The van der Waals surface area contributed by atoms with Crippen LogP contribution in [0.4, 0.5) is 0 Å². The average molecular weight is 500 g/mol. The summed E-state index contributed by atoms with van der Waals surface area (Å²) in [5, 5.41) is 92.4. The minimum absolute atomic E-state index is 0. The third kappa shape index (κ3) is 16.6. The molecule has 1 radical (unpaired) electrons. The van der Waals surface area contributed by atoms with Crippen molar-refractivity contribution < 1.29 is 98.3 Å². The van der Waals surface area contributed by atoms with Gasteiger partial charge in [0.05, 0.1) is 18.5 Å². The van der Waals surface area contributed by atoms with Gasteiger partial charge in [0.25, 0.3) is 0 Å². The average Bonchev–Trinajstić information content (AvgIpc) is 2.50. The Morgan fingerprint density at radius 3 is 1.33 bits per heavy atom. The largest absolute Gasteiger partial charge is 2.00 e. The number of carbonyl (C=O) groups is 4. The standard InChI is InChI=1S/C6H8O7.C6H12O7.Mg.Mn.2H2O/c7-3(8)1-6(13,5(11)12)2-4(9)10;7-1-2(8)3(9)4(10)5(11)6(12)13;;;;/h13H,1-2H2,(H,7,8)(H,9,10)(H,11,12);2-5,7-11H,1H2,(H,12,13);;;2*1H2/q;;2*+2;;/p-4. The minimum Gasteiger partial charge on any atom is -0.550 e. The van der Waals surface area contributed by atoms with Crippen LogP contribution in [0.2, 0.25) is 0 Å². The molecule has 0 spiro atoms. The van der Waals surface area contributed by atoms with E-state index < -0.39 is 73.3 Å². The van der Waals surface area contributed by atoms with Gasteiger partial charge in [0, 0.05) is 24.8 Å². The summed E-state index contributed by atoms with van der Waals surface area (Å²) in [6.07, 6.45) is -10.8. The van der Waals surface area contributed by atoms with E-state index in [-0.39, 0.29) is 51.1 Å². The maximum atomic E-state index is 10.1. The van der Waals surface area contributed by atoms with Crippen molar-refractivity contribution in [3.05, 3.63) is 0 Å². The normalized spacial score (nSPS) is 13.5. The van der Waals surface area contributed by atoms with Gasteiger partial charge in [-0.25, -0.2) is 0 Å². The zero-order valence-corrected chi connectivity index (χ0v) is 17.6. The summed E-state index contributed by atoms with van der Waals surface area (Å²) in [6.45, 7) is -0.863. The maximum Gasteiger partial charge on any atom is 2.00 e. The van der Waals surface area contributed by atoms with Crippen molar-refractivity contribution in [2.45, 2.75) is 42.9 Å². The summed E-state index contributed by atoms with van der Waals surface area (Å²) < 4.78 is 0. The van der Waals surface area contributed by atoms with Crippen LogP contribution in [0, 0.1) is 0 Å². The molecule has 0 bridgehead atoms. The van der Waals surface area contributed by atoms with E-state index >= 15 is 0 Å². The van der Waals surface area contributed by atoms with Crippen LogP contribution in [0.25, 0.3) is 0 Å². The molecule has 173 valence electrons. The summed E-state index contributed by atoms with van der Waals surface area (Å²) in [6, 6.07) is 0. The first-order chi connectivity index (χ1) is 11.7. The monoisotopic (exact) mass is 499 g/mol. The Labute approximate surface area is 194 Å². The zero-order chi connectivity index (χ0) is 21.2. The first-order valence-electron chi connectivity index (χ1n) is 6.57. The van der Waals surface area contributed by atoms with Crippen LogP contribution < -0.4 is 20.4 Å². The number of hydrogen-bond acceptors (Lipinski definition) is 14. The molecule has 16 nitrogen and oxygen atoms in total. The number of aliphatic hydroxyl groups excluding tert-OH is 5. The summed E-state index contributed by atoms with van der Waals surface area (Å²) in [4.78, 5) is 40.0. The Kier molecular flexibility index (Phi) is 28.3. The van der Waals surface area contributed by atoms with Crippen LogP contribution in [0.15, 0.2) is 0 Å². The molecule has 0 saturated carbocycles. The second-order valence-corrected chi connectivity index (χ2v) is 4.91. The first kappa shape index (κ1) is 42.9. The van der Waals surface area contributed by atoms with E-state index in [1.165, 1.54) is 0 Å². The van der Waals surface area contributed by atoms with E-state index in [4.69, 9.17) is 30.6 Å². The second-order valence-electron chi connectivity index (χ2n) is 4.91. The number of rotatable bonds is 10. The smallest absolute Gasteiger partial charge is 0.550 e. The molecule has 0 aromatic rings. The number of carboxylic acid groups (broad SMARTS) is 4. The quantitative estimate of drug-likeness (QED) is 0.152. The van der Waals surface area contributed by atoms with E-state index in [1.54, 1.807) is 0 Å². The molecule has 0 rings (SSSR count). The van der Waals surface area contributed by atoms with Crippen LogP contribution in [-0.4, -0.2) is 125 Å². The number of carbonyl (C=O) groups excluding carboxylic acids is 4. The van der Waals surface area contributed by atoms with Gasteiger partial charge in [-0.15, -0.1) is 0 Å². The Balaban J connectivity index is -0.0000000847. The summed E-state index contributed by atoms with van der Waals surface area (Å²) in [7, 11) is 0. The number of carboxylic acids is 4. The predicted molar refractivity (Wildman–Crippen MR) is 78.3 cm³/mol. The molecule has 0 heterocycles. The third-order valence-electron chi connectivity index (χ3n) is 2.75. The molecule has 0 saturated heterocycles. The molecule has 0 aromatic heterocycles. The number of aliphatic carboxylic acids is 4. The maximum absolute atomic E-state index is 10.1. The van der Waals surface area contributed by atoms with E-state index in [0.717, 1.165) is 0 Å². The molecule has 0 amide bonds. The molecule has 30 heavy (non-hydrogen) atoms. The van der Waals surface area contributed by atoms with Crippen molar-refractivity contribution >= 4 is 46.9 Å². The van der Waals surface area contributed by atoms with Crippen molar-refractivity contribution in [2.75, 3.05) is 6.61 Å². The Morgan fingerprint density at radius 2 is 1.13 bits per heavy atom. The van der Waals surface area contributed by atoms with E-state index in [1.807, 2.05) is 0 Å². The molecule has 0 aliphatic heterocycles. The van der Waals surface area contributed by atoms with Crippen molar-refractivity contribution in [1.29, 1.82) is 0 Å². The van der Waals surface area contributed by atoms with Gasteiger partial charge >= 0.3 is 40.1 Å². The molecule has 4 atom stereocenters. The van der Waals surface area contributed by atoms with Crippen LogP contribution in [-0.2, 0) is 36.2 Å². The van der Waals surface area contributed by atoms with Gasteiger partial charge in [-0.1, -0.05) is 0 Å². The summed E-state index contributed by atoms with van der Waals surface area (Å²) in [5.41, 5.74) is -2.97. The van der Waals surface area contributed by atoms with E-state index in [0.29, 0.717) is 0 Å². The van der Waals surface area contributed by atoms with Crippen LogP contribution in [0.5, 0.6) is 0 Å². The fourth-order valence-corrected chi connectivity index (χ4v) is 1.35. The fourth-order valence-electron chi connectivity index (χ4n) is 1.35. The molecule has 0 aliphatic carbocycles. The van der Waals surface area contributed by atoms with Crippen LogP contribution in [0.1, 0.15) is 12.8 Å². The molecule has 4 unspecified atom stereocenters.